The number of nitrogens with one attached hydrogen (secondary N) is 1. The van der Waals surface area contributed by atoms with Gasteiger partial charge in [0.2, 0.25) is 5.91 Å². The van der Waals surface area contributed by atoms with E-state index in [4.69, 9.17) is 4.42 Å². The average molecular weight is 342 g/mol. The lowest BCUT2D eigenvalue weighted by atomic mass is 10.1. The predicted molar refractivity (Wildman–Crippen MR) is 92.7 cm³/mol. The zero-order valence-electron chi connectivity index (χ0n) is 13.9. The van der Waals surface area contributed by atoms with Gasteiger partial charge in [0.15, 0.2) is 5.58 Å². The average Bonchev–Trinajstić information content (AvgIpc) is 2.91. The van der Waals surface area contributed by atoms with Crippen molar-refractivity contribution in [3.8, 4) is 0 Å². The molecule has 1 N–H and O–H groups in total. The number of hydrogen-bond acceptors (Lipinski definition) is 3. The predicted octanol–water partition coefficient (Wildman–Crippen LogP) is 3.39. The summed E-state index contributed by atoms with van der Waals surface area (Å²) in [5.74, 6) is -0.834. The number of halogens is 1. The lowest BCUT2D eigenvalue weighted by molar-refractivity contribution is -0.121. The minimum absolute atomic E-state index is 0.113. The molecule has 0 aliphatic carbocycles. The standard InChI is InChI=1S/C19H19FN2O3/c1-13(14-8-10-15(20)11-9-14)21-18(23)7-4-12-22-16-5-2-3-6-17(16)25-19(22)24/h2-3,5-6,8-11,13H,4,7,12H2,1H3,(H,21,23). The fourth-order valence-corrected chi connectivity index (χ4v) is 2.77. The summed E-state index contributed by atoms with van der Waals surface area (Å²) in [4.78, 5) is 23.9. The van der Waals surface area contributed by atoms with E-state index in [0.717, 1.165) is 11.1 Å². The number of oxazole rings is 1. The van der Waals surface area contributed by atoms with Crippen LogP contribution in [-0.4, -0.2) is 10.5 Å². The molecule has 0 saturated carbocycles. The minimum Gasteiger partial charge on any atom is -0.408 e. The molecule has 1 heterocycles. The molecule has 1 amide bonds. The molecule has 0 fully saturated rings. The fourth-order valence-electron chi connectivity index (χ4n) is 2.77. The van der Waals surface area contributed by atoms with Crippen LogP contribution in [0.15, 0.2) is 57.7 Å². The molecule has 2 aromatic carbocycles. The zero-order chi connectivity index (χ0) is 17.8. The number of aromatic nitrogens is 1. The number of para-hydroxylation sites is 2. The molecule has 1 aromatic heterocycles. The van der Waals surface area contributed by atoms with Gasteiger partial charge in [0.05, 0.1) is 11.6 Å². The van der Waals surface area contributed by atoms with E-state index in [1.165, 1.54) is 16.7 Å². The molecule has 0 aliphatic rings. The Hall–Kier alpha value is -2.89. The number of aryl methyl sites for hydroxylation is 1. The van der Waals surface area contributed by atoms with Crippen molar-refractivity contribution in [2.45, 2.75) is 32.4 Å². The largest absolute Gasteiger partial charge is 0.419 e. The Kier molecular flexibility index (Phi) is 4.97. The van der Waals surface area contributed by atoms with Gasteiger partial charge in [0.1, 0.15) is 5.82 Å². The highest BCUT2D eigenvalue weighted by Crippen LogP contribution is 2.14. The van der Waals surface area contributed by atoms with Gasteiger partial charge in [-0.25, -0.2) is 9.18 Å². The van der Waals surface area contributed by atoms with Gasteiger partial charge in [-0.3, -0.25) is 9.36 Å². The SMILES string of the molecule is CC(NC(=O)CCCn1c(=O)oc2ccccc21)c1ccc(F)cc1. The molecular formula is C19H19FN2O3. The molecule has 3 aromatic rings. The van der Waals surface area contributed by atoms with Crippen LogP contribution in [0.3, 0.4) is 0 Å². The summed E-state index contributed by atoms with van der Waals surface area (Å²) in [5.41, 5.74) is 2.11. The van der Waals surface area contributed by atoms with Crippen molar-refractivity contribution in [1.82, 2.24) is 9.88 Å². The molecule has 0 saturated heterocycles. The smallest absolute Gasteiger partial charge is 0.408 e. The Labute approximate surface area is 144 Å². The molecule has 0 bridgehead atoms. The van der Waals surface area contributed by atoms with E-state index >= 15 is 0 Å². The van der Waals surface area contributed by atoms with E-state index in [-0.39, 0.29) is 24.2 Å². The van der Waals surface area contributed by atoms with Crippen LogP contribution in [0, 0.1) is 5.82 Å². The van der Waals surface area contributed by atoms with Gasteiger partial charge in [0, 0.05) is 13.0 Å². The lowest BCUT2D eigenvalue weighted by Crippen LogP contribution is -2.27. The van der Waals surface area contributed by atoms with Crippen LogP contribution in [-0.2, 0) is 11.3 Å². The summed E-state index contributed by atoms with van der Waals surface area (Å²) in [7, 11) is 0. The van der Waals surface area contributed by atoms with Crippen molar-refractivity contribution in [2.24, 2.45) is 0 Å². The monoisotopic (exact) mass is 342 g/mol. The van der Waals surface area contributed by atoms with E-state index in [1.54, 1.807) is 24.3 Å². The highest BCUT2D eigenvalue weighted by Gasteiger charge is 2.11. The Bertz CT molecular complexity index is 928. The number of nitrogens with zero attached hydrogens (tertiary/aromatic N) is 1. The van der Waals surface area contributed by atoms with Crippen LogP contribution in [0.1, 0.15) is 31.4 Å². The van der Waals surface area contributed by atoms with Crippen molar-refractivity contribution < 1.29 is 13.6 Å². The first-order valence-corrected chi connectivity index (χ1v) is 8.18. The third-order valence-electron chi connectivity index (χ3n) is 4.11. The topological polar surface area (TPSA) is 64.2 Å². The maximum atomic E-state index is 12.9. The van der Waals surface area contributed by atoms with Gasteiger partial charge in [-0.2, -0.15) is 0 Å². The quantitative estimate of drug-likeness (QED) is 0.747. The highest BCUT2D eigenvalue weighted by atomic mass is 19.1. The second-order valence-electron chi connectivity index (χ2n) is 5.93. The number of hydrogen-bond donors (Lipinski definition) is 1. The van der Waals surface area contributed by atoms with Gasteiger partial charge >= 0.3 is 5.76 Å². The zero-order valence-corrected chi connectivity index (χ0v) is 13.9. The number of fused-ring (bicyclic) bond motifs is 1. The molecule has 6 heteroatoms. The van der Waals surface area contributed by atoms with Crippen molar-refractivity contribution in [3.63, 3.8) is 0 Å². The van der Waals surface area contributed by atoms with Crippen molar-refractivity contribution in [2.75, 3.05) is 0 Å². The molecule has 1 atom stereocenters. The Morgan fingerprint density at radius 2 is 1.92 bits per heavy atom. The first-order valence-electron chi connectivity index (χ1n) is 8.18. The molecular weight excluding hydrogens is 323 g/mol. The molecule has 1 unspecified atom stereocenters. The van der Waals surface area contributed by atoms with Gasteiger partial charge in [0.25, 0.3) is 0 Å². The maximum absolute atomic E-state index is 12.9. The summed E-state index contributed by atoms with van der Waals surface area (Å²) in [6.07, 6.45) is 0.808. The van der Waals surface area contributed by atoms with Gasteiger partial charge < -0.3 is 9.73 Å². The number of amides is 1. The number of carbonyl (C=O) groups is 1. The molecule has 130 valence electrons. The summed E-state index contributed by atoms with van der Waals surface area (Å²) < 4.78 is 19.6. The van der Waals surface area contributed by atoms with Crippen LogP contribution >= 0.6 is 0 Å². The van der Waals surface area contributed by atoms with Crippen LogP contribution < -0.4 is 11.1 Å². The Morgan fingerprint density at radius 3 is 2.68 bits per heavy atom. The molecule has 5 nitrogen and oxygen atoms in total. The second kappa shape index (κ2) is 7.34. The van der Waals surface area contributed by atoms with Gasteiger partial charge in [-0.05, 0) is 43.2 Å². The van der Waals surface area contributed by atoms with E-state index in [2.05, 4.69) is 5.32 Å². The highest BCUT2D eigenvalue weighted by molar-refractivity contribution is 5.76. The van der Waals surface area contributed by atoms with Crippen molar-refractivity contribution >= 4 is 17.0 Å². The Morgan fingerprint density at radius 1 is 1.20 bits per heavy atom. The molecule has 25 heavy (non-hydrogen) atoms. The van der Waals surface area contributed by atoms with E-state index in [1.807, 2.05) is 19.1 Å². The number of carbonyl (C=O) groups excluding carboxylic acids is 1. The number of benzene rings is 2. The normalized spacial score (nSPS) is 12.2. The second-order valence-corrected chi connectivity index (χ2v) is 5.93. The van der Waals surface area contributed by atoms with Crippen LogP contribution in [0.2, 0.25) is 0 Å². The van der Waals surface area contributed by atoms with Crippen LogP contribution in [0.5, 0.6) is 0 Å². The van der Waals surface area contributed by atoms with Gasteiger partial charge in [-0.1, -0.05) is 24.3 Å². The lowest BCUT2D eigenvalue weighted by Gasteiger charge is -2.14. The first kappa shape index (κ1) is 17.0. The summed E-state index contributed by atoms with van der Waals surface area (Å²) in [6.45, 7) is 2.26. The molecule has 0 radical (unpaired) electrons. The van der Waals surface area contributed by atoms with E-state index in [0.29, 0.717) is 18.5 Å². The Balaban J connectivity index is 1.54. The first-order chi connectivity index (χ1) is 12.0. The summed E-state index contributed by atoms with van der Waals surface area (Å²) >= 11 is 0. The maximum Gasteiger partial charge on any atom is 0.419 e. The fraction of sp³-hybridized carbons (Fsp3) is 0.263. The molecule has 0 spiro atoms. The number of rotatable bonds is 6. The van der Waals surface area contributed by atoms with E-state index < -0.39 is 5.76 Å². The molecule has 0 aliphatic heterocycles. The van der Waals surface area contributed by atoms with Gasteiger partial charge in [-0.15, -0.1) is 0 Å². The van der Waals surface area contributed by atoms with E-state index in [9.17, 15) is 14.0 Å². The van der Waals surface area contributed by atoms with Crippen LogP contribution in [0.4, 0.5) is 4.39 Å². The third kappa shape index (κ3) is 3.96. The minimum atomic E-state index is -0.415. The van der Waals surface area contributed by atoms with Crippen LogP contribution in [0.25, 0.3) is 11.1 Å². The van der Waals surface area contributed by atoms with Crippen molar-refractivity contribution in [3.05, 3.63) is 70.5 Å². The molecule has 3 rings (SSSR count). The summed E-state index contributed by atoms with van der Waals surface area (Å²) in [5, 5.41) is 2.88. The summed E-state index contributed by atoms with van der Waals surface area (Å²) in [6, 6.07) is 13.0. The third-order valence-corrected chi connectivity index (χ3v) is 4.11. The van der Waals surface area contributed by atoms with Crippen molar-refractivity contribution in [1.29, 1.82) is 0 Å².